The number of hydrogen-bond acceptors (Lipinski definition) is 2. The van der Waals surface area contributed by atoms with Gasteiger partial charge in [0.05, 0.1) is 5.69 Å². The van der Waals surface area contributed by atoms with Gasteiger partial charge < -0.3 is 10.1 Å². The van der Waals surface area contributed by atoms with E-state index >= 15 is 0 Å². The molecule has 1 aromatic carbocycles. The van der Waals surface area contributed by atoms with E-state index in [4.69, 9.17) is 4.74 Å². The largest absolute Gasteiger partial charge is 0.478 e. The maximum atomic E-state index is 11.6. The molecule has 3 nitrogen and oxygen atoms in total. The normalized spacial score (nSPS) is 19.0. The van der Waals surface area contributed by atoms with Crippen LogP contribution in [0.2, 0.25) is 0 Å². The molecule has 2 rings (SSSR count). The van der Waals surface area contributed by atoms with Gasteiger partial charge in [0.2, 0.25) is 0 Å². The van der Waals surface area contributed by atoms with Gasteiger partial charge in [-0.05, 0) is 25.0 Å². The van der Waals surface area contributed by atoms with Gasteiger partial charge in [-0.2, -0.15) is 0 Å². The zero-order chi connectivity index (χ0) is 10.7. The van der Waals surface area contributed by atoms with E-state index in [9.17, 15) is 4.79 Å². The van der Waals surface area contributed by atoms with Gasteiger partial charge in [0.15, 0.2) is 6.10 Å². The SMILES string of the molecule is CCCCC1Oc2ccccc2NC1=O. The number of carbonyl (C=O) groups is 1. The first-order valence-electron chi connectivity index (χ1n) is 5.38. The minimum atomic E-state index is -0.320. The number of ether oxygens (including phenoxy) is 1. The van der Waals surface area contributed by atoms with Crippen LogP contribution in [0.5, 0.6) is 5.75 Å². The van der Waals surface area contributed by atoms with Crippen molar-refractivity contribution in [3.8, 4) is 5.75 Å². The molecule has 0 bridgehead atoms. The smallest absolute Gasteiger partial charge is 0.265 e. The molecule has 1 aromatic rings. The molecule has 15 heavy (non-hydrogen) atoms. The highest BCUT2D eigenvalue weighted by atomic mass is 16.5. The molecular weight excluding hydrogens is 190 g/mol. The molecule has 80 valence electrons. The van der Waals surface area contributed by atoms with Crippen molar-refractivity contribution in [1.29, 1.82) is 0 Å². The molecule has 0 saturated heterocycles. The molecule has 1 aliphatic rings. The number of fused-ring (bicyclic) bond motifs is 1. The van der Waals surface area contributed by atoms with Crippen LogP contribution in [-0.2, 0) is 4.79 Å². The predicted molar refractivity (Wildman–Crippen MR) is 59.0 cm³/mol. The van der Waals surface area contributed by atoms with E-state index in [0.29, 0.717) is 0 Å². The van der Waals surface area contributed by atoms with Gasteiger partial charge in [-0.1, -0.05) is 25.5 Å². The van der Waals surface area contributed by atoms with Gasteiger partial charge in [0.25, 0.3) is 5.91 Å². The van der Waals surface area contributed by atoms with E-state index in [0.717, 1.165) is 30.7 Å². The molecule has 1 N–H and O–H groups in total. The predicted octanol–water partition coefficient (Wildman–Crippen LogP) is 2.58. The third-order valence-electron chi connectivity index (χ3n) is 2.53. The average Bonchev–Trinajstić information content (AvgIpc) is 2.26. The number of hydrogen-bond donors (Lipinski definition) is 1. The summed E-state index contributed by atoms with van der Waals surface area (Å²) in [5.41, 5.74) is 0.773. The Morgan fingerprint density at radius 1 is 1.40 bits per heavy atom. The lowest BCUT2D eigenvalue weighted by Gasteiger charge is -2.25. The monoisotopic (exact) mass is 205 g/mol. The van der Waals surface area contributed by atoms with Crippen molar-refractivity contribution in [1.82, 2.24) is 0 Å². The van der Waals surface area contributed by atoms with Gasteiger partial charge >= 0.3 is 0 Å². The number of para-hydroxylation sites is 2. The third kappa shape index (κ3) is 2.12. The third-order valence-corrected chi connectivity index (χ3v) is 2.53. The van der Waals surface area contributed by atoms with Crippen LogP contribution in [0.3, 0.4) is 0 Å². The molecule has 1 heterocycles. The van der Waals surface area contributed by atoms with Gasteiger partial charge in [-0.3, -0.25) is 4.79 Å². The standard InChI is InChI=1S/C12H15NO2/c1-2-3-7-11-12(14)13-9-6-4-5-8-10(9)15-11/h4-6,8,11H,2-3,7H2,1H3,(H,13,14). The maximum Gasteiger partial charge on any atom is 0.265 e. The van der Waals surface area contributed by atoms with Crippen molar-refractivity contribution in [3.63, 3.8) is 0 Å². The summed E-state index contributed by atoms with van der Waals surface area (Å²) < 4.78 is 5.63. The van der Waals surface area contributed by atoms with E-state index in [1.54, 1.807) is 0 Å². The Morgan fingerprint density at radius 2 is 2.20 bits per heavy atom. The van der Waals surface area contributed by atoms with E-state index in [2.05, 4.69) is 12.2 Å². The molecule has 1 amide bonds. The fraction of sp³-hybridized carbons (Fsp3) is 0.417. The van der Waals surface area contributed by atoms with Crippen LogP contribution in [0, 0.1) is 0 Å². The summed E-state index contributed by atoms with van der Waals surface area (Å²) in [5.74, 6) is 0.750. The fourth-order valence-electron chi connectivity index (χ4n) is 1.67. The molecule has 1 aliphatic heterocycles. The van der Waals surface area contributed by atoms with Crippen LogP contribution < -0.4 is 10.1 Å². The Morgan fingerprint density at radius 3 is 3.00 bits per heavy atom. The van der Waals surface area contributed by atoms with Crippen LogP contribution >= 0.6 is 0 Å². The zero-order valence-electron chi connectivity index (χ0n) is 8.82. The number of anilines is 1. The highest BCUT2D eigenvalue weighted by Crippen LogP contribution is 2.29. The first-order chi connectivity index (χ1) is 7.31. The second kappa shape index (κ2) is 4.34. The van der Waals surface area contributed by atoms with Gasteiger partial charge in [-0.15, -0.1) is 0 Å². The van der Waals surface area contributed by atoms with E-state index in [1.165, 1.54) is 0 Å². The second-order valence-corrected chi connectivity index (χ2v) is 3.73. The van der Waals surface area contributed by atoms with Crippen LogP contribution in [0.4, 0.5) is 5.69 Å². The summed E-state index contributed by atoms with van der Waals surface area (Å²) in [4.78, 5) is 11.6. The summed E-state index contributed by atoms with van der Waals surface area (Å²) in [6, 6.07) is 7.53. The van der Waals surface area contributed by atoms with Crippen molar-refractivity contribution in [2.24, 2.45) is 0 Å². The summed E-state index contributed by atoms with van der Waals surface area (Å²) in [6.45, 7) is 2.11. The quantitative estimate of drug-likeness (QED) is 0.823. The molecule has 0 spiro atoms. The first kappa shape index (κ1) is 10.0. The molecule has 0 fully saturated rings. The average molecular weight is 205 g/mol. The zero-order valence-corrected chi connectivity index (χ0v) is 8.82. The lowest BCUT2D eigenvalue weighted by molar-refractivity contribution is -0.123. The fourth-order valence-corrected chi connectivity index (χ4v) is 1.67. The number of amides is 1. The minimum absolute atomic E-state index is 0.0258. The molecule has 0 saturated carbocycles. The van der Waals surface area contributed by atoms with E-state index in [1.807, 2.05) is 24.3 Å². The Kier molecular flexibility index (Phi) is 2.90. The van der Waals surface area contributed by atoms with E-state index in [-0.39, 0.29) is 12.0 Å². The molecule has 0 aromatic heterocycles. The second-order valence-electron chi connectivity index (χ2n) is 3.73. The molecular formula is C12H15NO2. The summed E-state index contributed by atoms with van der Waals surface area (Å²) in [7, 11) is 0. The molecule has 0 radical (unpaired) electrons. The number of nitrogens with one attached hydrogen (secondary N) is 1. The lowest BCUT2D eigenvalue weighted by Crippen LogP contribution is -2.36. The highest BCUT2D eigenvalue weighted by molar-refractivity contribution is 5.97. The van der Waals surface area contributed by atoms with Crippen molar-refractivity contribution >= 4 is 11.6 Å². The first-order valence-corrected chi connectivity index (χ1v) is 5.38. The molecule has 1 atom stereocenters. The Labute approximate surface area is 89.4 Å². The summed E-state index contributed by atoms with van der Waals surface area (Å²) >= 11 is 0. The van der Waals surface area contributed by atoms with Crippen molar-refractivity contribution in [2.45, 2.75) is 32.3 Å². The summed E-state index contributed by atoms with van der Waals surface area (Å²) in [6.07, 6.45) is 2.56. The van der Waals surface area contributed by atoms with Crippen molar-refractivity contribution in [3.05, 3.63) is 24.3 Å². The Bertz CT molecular complexity index is 362. The van der Waals surface area contributed by atoms with Gasteiger partial charge in [0.1, 0.15) is 5.75 Å². The van der Waals surface area contributed by atoms with E-state index < -0.39 is 0 Å². The molecule has 1 unspecified atom stereocenters. The van der Waals surface area contributed by atoms with Gasteiger partial charge in [0, 0.05) is 0 Å². The van der Waals surface area contributed by atoms with Crippen molar-refractivity contribution in [2.75, 3.05) is 5.32 Å². The molecule has 3 heteroatoms. The van der Waals surface area contributed by atoms with Crippen LogP contribution in [-0.4, -0.2) is 12.0 Å². The van der Waals surface area contributed by atoms with Crippen LogP contribution in [0.1, 0.15) is 26.2 Å². The topological polar surface area (TPSA) is 38.3 Å². The Balaban J connectivity index is 2.11. The number of benzene rings is 1. The van der Waals surface area contributed by atoms with Crippen molar-refractivity contribution < 1.29 is 9.53 Å². The molecule has 0 aliphatic carbocycles. The van der Waals surface area contributed by atoms with Crippen LogP contribution in [0.25, 0.3) is 0 Å². The maximum absolute atomic E-state index is 11.6. The number of unbranched alkanes of at least 4 members (excludes halogenated alkanes) is 1. The van der Waals surface area contributed by atoms with Crippen LogP contribution in [0.15, 0.2) is 24.3 Å². The number of rotatable bonds is 3. The lowest BCUT2D eigenvalue weighted by atomic mass is 10.1. The van der Waals surface area contributed by atoms with Gasteiger partial charge in [-0.25, -0.2) is 0 Å². The highest BCUT2D eigenvalue weighted by Gasteiger charge is 2.26. The minimum Gasteiger partial charge on any atom is -0.478 e. The Hall–Kier alpha value is -1.51. The summed E-state index contributed by atoms with van der Waals surface area (Å²) in [5, 5.41) is 2.85. The number of carbonyl (C=O) groups excluding carboxylic acids is 1.